The first-order valence-corrected chi connectivity index (χ1v) is 4.81. The van der Waals surface area contributed by atoms with Gasteiger partial charge in [-0.25, -0.2) is 9.78 Å². The molecule has 1 rings (SSSR count). The number of aliphatic hydroxyl groups is 1. The van der Waals surface area contributed by atoms with Crippen LogP contribution in [0.4, 0.5) is 4.39 Å². The summed E-state index contributed by atoms with van der Waals surface area (Å²) in [4.78, 5) is 25.0. The molecule has 0 aliphatic rings. The Hall–Kier alpha value is -2.02. The van der Waals surface area contributed by atoms with Crippen LogP contribution in [-0.4, -0.2) is 39.7 Å². The Balaban J connectivity index is 2.43. The van der Waals surface area contributed by atoms with E-state index in [1.54, 1.807) is 0 Å². The molecule has 1 atom stereocenters. The van der Waals surface area contributed by atoms with Crippen LogP contribution in [0.5, 0.6) is 0 Å². The van der Waals surface area contributed by atoms with Crippen molar-refractivity contribution < 1.29 is 24.2 Å². The summed E-state index contributed by atoms with van der Waals surface area (Å²) in [5.41, 5.74) is 0.0855. The van der Waals surface area contributed by atoms with Gasteiger partial charge in [0.2, 0.25) is 5.95 Å². The third-order valence-electron chi connectivity index (χ3n) is 1.98. The zero-order valence-electron chi connectivity index (χ0n) is 8.76. The van der Waals surface area contributed by atoms with E-state index in [0.717, 1.165) is 12.3 Å². The van der Waals surface area contributed by atoms with Gasteiger partial charge in [-0.05, 0) is 6.07 Å². The van der Waals surface area contributed by atoms with Crippen LogP contribution >= 0.6 is 0 Å². The van der Waals surface area contributed by atoms with Crippen molar-refractivity contribution in [2.24, 2.45) is 0 Å². The highest BCUT2D eigenvalue weighted by Gasteiger charge is 2.13. The highest BCUT2D eigenvalue weighted by atomic mass is 19.1. The Kier molecular flexibility index (Phi) is 4.53. The molecule has 6 nitrogen and oxygen atoms in total. The molecule has 1 aromatic heterocycles. The summed E-state index contributed by atoms with van der Waals surface area (Å²) in [6, 6.07) is 2.29. The monoisotopic (exact) mass is 242 g/mol. The van der Waals surface area contributed by atoms with Crippen LogP contribution in [0.1, 0.15) is 16.8 Å². The van der Waals surface area contributed by atoms with Crippen molar-refractivity contribution in [1.29, 1.82) is 0 Å². The van der Waals surface area contributed by atoms with E-state index in [1.807, 2.05) is 0 Å². The molecule has 0 aliphatic heterocycles. The van der Waals surface area contributed by atoms with Crippen LogP contribution in [0.3, 0.4) is 0 Å². The van der Waals surface area contributed by atoms with E-state index < -0.39 is 23.9 Å². The number of aliphatic hydroxyl groups excluding tert-OH is 1. The molecule has 1 heterocycles. The van der Waals surface area contributed by atoms with Crippen LogP contribution in [0.15, 0.2) is 18.3 Å². The van der Waals surface area contributed by atoms with Crippen LogP contribution in [-0.2, 0) is 4.79 Å². The molecule has 0 saturated heterocycles. The minimum Gasteiger partial charge on any atom is -0.479 e. The summed E-state index contributed by atoms with van der Waals surface area (Å²) in [5.74, 6) is -2.68. The van der Waals surface area contributed by atoms with E-state index in [2.05, 4.69) is 10.3 Å². The van der Waals surface area contributed by atoms with Crippen molar-refractivity contribution in [2.45, 2.75) is 12.5 Å². The van der Waals surface area contributed by atoms with E-state index in [-0.39, 0.29) is 18.5 Å². The van der Waals surface area contributed by atoms with E-state index in [1.165, 1.54) is 6.07 Å². The lowest BCUT2D eigenvalue weighted by Gasteiger charge is -2.07. The van der Waals surface area contributed by atoms with Gasteiger partial charge in [-0.1, -0.05) is 0 Å². The lowest BCUT2D eigenvalue weighted by molar-refractivity contribution is -0.146. The lowest BCUT2D eigenvalue weighted by Crippen LogP contribution is -2.30. The number of aromatic nitrogens is 1. The zero-order chi connectivity index (χ0) is 12.8. The van der Waals surface area contributed by atoms with Crippen molar-refractivity contribution in [3.8, 4) is 0 Å². The Bertz CT molecular complexity index is 425. The van der Waals surface area contributed by atoms with E-state index in [0.29, 0.717) is 0 Å². The smallest absolute Gasteiger partial charge is 0.332 e. The second-order valence-electron chi connectivity index (χ2n) is 3.27. The van der Waals surface area contributed by atoms with Crippen molar-refractivity contribution >= 4 is 11.9 Å². The summed E-state index contributed by atoms with van der Waals surface area (Å²) < 4.78 is 12.7. The normalized spacial score (nSPS) is 11.9. The molecule has 0 bridgehead atoms. The molecule has 1 aromatic rings. The minimum atomic E-state index is -1.52. The summed E-state index contributed by atoms with van der Waals surface area (Å²) in [6.45, 7) is -0.0176. The molecule has 0 saturated carbocycles. The predicted molar refractivity (Wildman–Crippen MR) is 54.8 cm³/mol. The average molecular weight is 242 g/mol. The number of amides is 1. The Labute approximate surface area is 96.1 Å². The maximum Gasteiger partial charge on any atom is 0.332 e. The first-order chi connectivity index (χ1) is 8.00. The molecule has 0 spiro atoms. The van der Waals surface area contributed by atoms with Gasteiger partial charge < -0.3 is 15.5 Å². The number of halogens is 1. The second kappa shape index (κ2) is 5.90. The van der Waals surface area contributed by atoms with Gasteiger partial charge in [0.15, 0.2) is 6.10 Å². The van der Waals surface area contributed by atoms with Crippen LogP contribution in [0.25, 0.3) is 0 Å². The summed E-state index contributed by atoms with van der Waals surface area (Å²) >= 11 is 0. The van der Waals surface area contributed by atoms with Gasteiger partial charge in [-0.15, -0.1) is 0 Å². The van der Waals surface area contributed by atoms with Crippen LogP contribution in [0, 0.1) is 5.95 Å². The molecule has 3 N–H and O–H groups in total. The topological polar surface area (TPSA) is 99.5 Å². The molecule has 92 valence electrons. The molecule has 0 fully saturated rings. The maximum atomic E-state index is 12.7. The average Bonchev–Trinajstić information content (AvgIpc) is 2.28. The standard InChI is InChI=1S/C10H11FN2O4/c11-8-5-6(1-3-12-8)9(15)13-4-2-7(14)10(16)17/h1,3,5,7,14H,2,4H2,(H,13,15)(H,16,17)/t7-/m0/s1. The van der Waals surface area contributed by atoms with Gasteiger partial charge in [0.1, 0.15) is 0 Å². The number of carboxylic acid groups (broad SMARTS) is 1. The molecule has 17 heavy (non-hydrogen) atoms. The summed E-state index contributed by atoms with van der Waals surface area (Å²) in [6.07, 6.45) is -0.491. The molecular formula is C10H11FN2O4. The van der Waals surface area contributed by atoms with Crippen LogP contribution in [0.2, 0.25) is 0 Å². The number of nitrogens with zero attached hydrogens (tertiary/aromatic N) is 1. The first kappa shape index (κ1) is 13.0. The second-order valence-corrected chi connectivity index (χ2v) is 3.27. The van der Waals surface area contributed by atoms with Crippen molar-refractivity contribution in [2.75, 3.05) is 6.54 Å². The predicted octanol–water partition coefficient (Wildman–Crippen LogP) is -0.214. The molecule has 0 radical (unpaired) electrons. The zero-order valence-corrected chi connectivity index (χ0v) is 8.76. The van der Waals surface area contributed by atoms with Crippen molar-refractivity contribution in [1.82, 2.24) is 10.3 Å². The van der Waals surface area contributed by atoms with Gasteiger partial charge in [0.25, 0.3) is 5.91 Å². The third-order valence-corrected chi connectivity index (χ3v) is 1.98. The van der Waals surface area contributed by atoms with Gasteiger partial charge in [-0.2, -0.15) is 4.39 Å². The SMILES string of the molecule is O=C(NCC[C@H](O)C(=O)O)c1ccnc(F)c1. The first-order valence-electron chi connectivity index (χ1n) is 4.81. The number of carboxylic acids is 1. The van der Waals surface area contributed by atoms with Crippen molar-refractivity contribution in [3.05, 3.63) is 29.8 Å². The fourth-order valence-corrected chi connectivity index (χ4v) is 1.09. The van der Waals surface area contributed by atoms with E-state index >= 15 is 0 Å². The van der Waals surface area contributed by atoms with Crippen molar-refractivity contribution in [3.63, 3.8) is 0 Å². The fourth-order valence-electron chi connectivity index (χ4n) is 1.09. The Morgan fingerprint density at radius 3 is 2.82 bits per heavy atom. The Morgan fingerprint density at radius 2 is 2.24 bits per heavy atom. The molecule has 1 amide bonds. The lowest BCUT2D eigenvalue weighted by atomic mass is 10.2. The number of hydrogen-bond donors (Lipinski definition) is 3. The number of hydrogen-bond acceptors (Lipinski definition) is 4. The molecule has 0 aromatic carbocycles. The fraction of sp³-hybridized carbons (Fsp3) is 0.300. The number of carbonyl (C=O) groups is 2. The number of rotatable bonds is 5. The third kappa shape index (κ3) is 4.15. The van der Waals surface area contributed by atoms with Gasteiger partial charge in [0, 0.05) is 30.8 Å². The van der Waals surface area contributed by atoms with E-state index in [9.17, 15) is 14.0 Å². The molecule has 0 aliphatic carbocycles. The quantitative estimate of drug-likeness (QED) is 0.620. The highest BCUT2D eigenvalue weighted by Crippen LogP contribution is 2.00. The van der Waals surface area contributed by atoms with Gasteiger partial charge in [0.05, 0.1) is 0 Å². The molecule has 7 heteroatoms. The Morgan fingerprint density at radius 1 is 1.53 bits per heavy atom. The number of pyridine rings is 1. The van der Waals surface area contributed by atoms with Crippen LogP contribution < -0.4 is 5.32 Å². The maximum absolute atomic E-state index is 12.7. The van der Waals surface area contributed by atoms with Gasteiger partial charge >= 0.3 is 5.97 Å². The van der Waals surface area contributed by atoms with E-state index in [4.69, 9.17) is 10.2 Å². The number of carbonyl (C=O) groups excluding carboxylic acids is 1. The molecule has 0 unspecified atom stereocenters. The largest absolute Gasteiger partial charge is 0.479 e. The number of aliphatic carboxylic acids is 1. The minimum absolute atomic E-state index is 0.0176. The molecular weight excluding hydrogens is 231 g/mol. The highest BCUT2D eigenvalue weighted by molar-refractivity contribution is 5.94. The number of nitrogens with one attached hydrogen (secondary N) is 1. The summed E-state index contributed by atoms with van der Waals surface area (Å²) in [7, 11) is 0. The van der Waals surface area contributed by atoms with Gasteiger partial charge in [-0.3, -0.25) is 4.79 Å². The summed E-state index contributed by atoms with van der Waals surface area (Å²) in [5, 5.41) is 19.7.